The second-order valence-corrected chi connectivity index (χ2v) is 6.80. The number of piperidine rings is 1. The van der Waals surface area contributed by atoms with Gasteiger partial charge < -0.3 is 10.6 Å². The molecule has 0 bridgehead atoms. The van der Waals surface area contributed by atoms with Gasteiger partial charge in [-0.05, 0) is 44.1 Å². The van der Waals surface area contributed by atoms with Gasteiger partial charge in [0, 0.05) is 25.7 Å². The largest absolute Gasteiger partial charge is 0.341 e. The molecule has 0 aromatic carbocycles. The number of hydrogen-bond acceptors (Lipinski definition) is 3. The molecule has 2 rings (SSSR count). The van der Waals surface area contributed by atoms with E-state index in [4.69, 9.17) is 5.73 Å². The van der Waals surface area contributed by atoms with E-state index in [1.165, 1.54) is 19.3 Å². The summed E-state index contributed by atoms with van der Waals surface area (Å²) in [6.45, 7) is 7.53. The normalized spacial score (nSPS) is 29.6. The van der Waals surface area contributed by atoms with Crippen LogP contribution in [0, 0.1) is 17.8 Å². The number of likely N-dealkylation sites (tertiary alicyclic amines) is 1. The lowest BCUT2D eigenvalue weighted by Gasteiger charge is -2.36. The molecule has 0 radical (unpaired) electrons. The van der Waals surface area contributed by atoms with Crippen molar-refractivity contribution in [2.75, 3.05) is 33.2 Å². The van der Waals surface area contributed by atoms with Gasteiger partial charge in [-0.2, -0.15) is 0 Å². The van der Waals surface area contributed by atoms with Crippen LogP contribution in [0.2, 0.25) is 0 Å². The number of amides is 1. The summed E-state index contributed by atoms with van der Waals surface area (Å²) in [7, 11) is 2.05. The number of nitrogens with two attached hydrogens (primary N) is 1. The van der Waals surface area contributed by atoms with Crippen LogP contribution in [0.15, 0.2) is 0 Å². The van der Waals surface area contributed by atoms with Crippen LogP contribution in [0.5, 0.6) is 0 Å². The van der Waals surface area contributed by atoms with Crippen LogP contribution in [0.4, 0.5) is 0 Å². The number of carbonyl (C=O) groups is 1. The van der Waals surface area contributed by atoms with Gasteiger partial charge in [-0.1, -0.05) is 13.8 Å². The predicted octanol–water partition coefficient (Wildman–Crippen LogP) is 1.16. The Balaban J connectivity index is 1.85. The van der Waals surface area contributed by atoms with E-state index in [2.05, 4.69) is 23.6 Å². The van der Waals surface area contributed by atoms with E-state index in [0.717, 1.165) is 19.0 Å². The van der Waals surface area contributed by atoms with E-state index in [9.17, 15) is 4.79 Å². The first-order valence-electron chi connectivity index (χ1n) is 7.69. The average molecular weight is 267 g/mol. The molecule has 2 N–H and O–H groups in total. The van der Waals surface area contributed by atoms with E-state index in [-0.39, 0.29) is 5.91 Å². The molecule has 19 heavy (non-hydrogen) atoms. The molecule has 1 saturated heterocycles. The molecular weight excluding hydrogens is 238 g/mol. The Labute approximate surface area is 117 Å². The maximum absolute atomic E-state index is 12.4. The second-order valence-electron chi connectivity index (χ2n) is 6.80. The SMILES string of the molecule is CC1CC(C)CN(C(=O)CN(C)C(CN)C2CC2)C1. The number of carbonyl (C=O) groups excluding carboxylic acids is 1. The molecule has 110 valence electrons. The number of rotatable bonds is 5. The molecule has 3 unspecified atom stereocenters. The molecule has 2 fully saturated rings. The number of nitrogens with zero attached hydrogens (tertiary/aromatic N) is 2. The van der Waals surface area contributed by atoms with Crippen LogP contribution in [0.25, 0.3) is 0 Å². The Hall–Kier alpha value is -0.610. The van der Waals surface area contributed by atoms with Gasteiger partial charge in [0.2, 0.25) is 5.91 Å². The topological polar surface area (TPSA) is 49.6 Å². The van der Waals surface area contributed by atoms with Crippen molar-refractivity contribution in [1.82, 2.24) is 9.80 Å². The average Bonchev–Trinajstić information content (AvgIpc) is 3.13. The molecule has 1 aliphatic carbocycles. The van der Waals surface area contributed by atoms with E-state index >= 15 is 0 Å². The van der Waals surface area contributed by atoms with Gasteiger partial charge in [-0.3, -0.25) is 9.69 Å². The lowest BCUT2D eigenvalue weighted by atomic mass is 9.92. The zero-order chi connectivity index (χ0) is 14.0. The standard InChI is InChI=1S/C15H29N3O/c1-11-6-12(2)9-18(8-11)15(19)10-17(3)14(7-16)13-4-5-13/h11-14H,4-10,16H2,1-3H3. The Morgan fingerprint density at radius 2 is 1.89 bits per heavy atom. The van der Waals surface area contributed by atoms with Crippen molar-refractivity contribution in [3.63, 3.8) is 0 Å². The third kappa shape index (κ3) is 3.93. The van der Waals surface area contributed by atoms with Crippen LogP contribution in [-0.4, -0.2) is 55.0 Å². The first-order chi connectivity index (χ1) is 9.01. The molecule has 3 atom stereocenters. The molecule has 0 spiro atoms. The predicted molar refractivity (Wildman–Crippen MR) is 77.7 cm³/mol. The fraction of sp³-hybridized carbons (Fsp3) is 0.933. The summed E-state index contributed by atoms with van der Waals surface area (Å²) in [5, 5.41) is 0. The number of hydrogen-bond donors (Lipinski definition) is 1. The van der Waals surface area contributed by atoms with E-state index < -0.39 is 0 Å². The summed E-state index contributed by atoms with van der Waals surface area (Å²) in [6.07, 6.45) is 3.80. The van der Waals surface area contributed by atoms with Gasteiger partial charge in [-0.15, -0.1) is 0 Å². The lowest BCUT2D eigenvalue weighted by Crippen LogP contribution is -2.49. The molecule has 1 saturated carbocycles. The van der Waals surface area contributed by atoms with Crippen LogP contribution in [0.1, 0.15) is 33.1 Å². The highest BCUT2D eigenvalue weighted by atomic mass is 16.2. The van der Waals surface area contributed by atoms with Gasteiger partial charge in [0.1, 0.15) is 0 Å². The van der Waals surface area contributed by atoms with Gasteiger partial charge in [0.15, 0.2) is 0 Å². The molecular formula is C15H29N3O. The third-order valence-corrected chi connectivity index (χ3v) is 4.58. The lowest BCUT2D eigenvalue weighted by molar-refractivity contribution is -0.135. The summed E-state index contributed by atoms with van der Waals surface area (Å²) in [5.41, 5.74) is 5.85. The van der Waals surface area contributed by atoms with E-state index in [0.29, 0.717) is 31.0 Å². The molecule has 2 aliphatic rings. The summed E-state index contributed by atoms with van der Waals surface area (Å²) >= 11 is 0. The highest BCUT2D eigenvalue weighted by molar-refractivity contribution is 5.78. The van der Waals surface area contributed by atoms with Crippen molar-refractivity contribution in [3.8, 4) is 0 Å². The molecule has 0 aromatic heterocycles. The minimum Gasteiger partial charge on any atom is -0.341 e. The maximum atomic E-state index is 12.4. The maximum Gasteiger partial charge on any atom is 0.236 e. The second kappa shape index (κ2) is 6.23. The molecule has 1 aliphatic heterocycles. The highest BCUT2D eigenvalue weighted by Crippen LogP contribution is 2.34. The Kier molecular flexibility index (Phi) is 4.85. The van der Waals surface area contributed by atoms with Crippen molar-refractivity contribution in [2.45, 2.75) is 39.2 Å². The zero-order valence-electron chi connectivity index (χ0n) is 12.6. The van der Waals surface area contributed by atoms with E-state index in [1.807, 2.05) is 7.05 Å². The molecule has 4 heteroatoms. The van der Waals surface area contributed by atoms with Gasteiger partial charge >= 0.3 is 0 Å². The summed E-state index contributed by atoms with van der Waals surface area (Å²) in [6, 6.07) is 0.392. The van der Waals surface area contributed by atoms with Gasteiger partial charge in [-0.25, -0.2) is 0 Å². The van der Waals surface area contributed by atoms with Crippen molar-refractivity contribution in [3.05, 3.63) is 0 Å². The summed E-state index contributed by atoms with van der Waals surface area (Å²) in [4.78, 5) is 16.6. The molecule has 0 aromatic rings. The van der Waals surface area contributed by atoms with Crippen LogP contribution in [0.3, 0.4) is 0 Å². The van der Waals surface area contributed by atoms with E-state index in [1.54, 1.807) is 0 Å². The van der Waals surface area contributed by atoms with Gasteiger partial charge in [0.05, 0.1) is 6.54 Å². The van der Waals surface area contributed by atoms with Crippen LogP contribution >= 0.6 is 0 Å². The van der Waals surface area contributed by atoms with Gasteiger partial charge in [0.25, 0.3) is 0 Å². The van der Waals surface area contributed by atoms with Crippen molar-refractivity contribution in [2.24, 2.45) is 23.5 Å². The minimum atomic E-state index is 0.278. The summed E-state index contributed by atoms with van der Waals surface area (Å²) < 4.78 is 0. The minimum absolute atomic E-state index is 0.278. The van der Waals surface area contributed by atoms with Crippen LogP contribution in [-0.2, 0) is 4.79 Å². The van der Waals surface area contributed by atoms with Crippen LogP contribution < -0.4 is 5.73 Å². The Bertz CT molecular complexity index is 307. The van der Waals surface area contributed by atoms with Crippen molar-refractivity contribution in [1.29, 1.82) is 0 Å². The van der Waals surface area contributed by atoms with Crippen molar-refractivity contribution < 1.29 is 4.79 Å². The number of likely N-dealkylation sites (N-methyl/N-ethyl adjacent to an activating group) is 1. The Morgan fingerprint density at radius 1 is 1.32 bits per heavy atom. The quantitative estimate of drug-likeness (QED) is 0.813. The third-order valence-electron chi connectivity index (χ3n) is 4.58. The highest BCUT2D eigenvalue weighted by Gasteiger charge is 2.34. The monoisotopic (exact) mass is 267 g/mol. The Morgan fingerprint density at radius 3 is 2.37 bits per heavy atom. The zero-order valence-corrected chi connectivity index (χ0v) is 12.6. The first kappa shape index (κ1) is 14.8. The molecule has 4 nitrogen and oxygen atoms in total. The fourth-order valence-corrected chi connectivity index (χ4v) is 3.51. The first-order valence-corrected chi connectivity index (χ1v) is 7.69. The van der Waals surface area contributed by atoms with Crippen molar-refractivity contribution >= 4 is 5.91 Å². The smallest absolute Gasteiger partial charge is 0.236 e. The molecule has 1 heterocycles. The fourth-order valence-electron chi connectivity index (χ4n) is 3.51. The molecule has 1 amide bonds. The summed E-state index contributed by atoms with van der Waals surface area (Å²) in [5.74, 6) is 2.26.